The number of amides is 1. The highest BCUT2D eigenvalue weighted by atomic mass is 79.9. The van der Waals surface area contributed by atoms with E-state index < -0.39 is 0 Å². The first kappa shape index (κ1) is 10.6. The van der Waals surface area contributed by atoms with Crippen LogP contribution in [0.25, 0.3) is 0 Å². The first-order valence-corrected chi connectivity index (χ1v) is 5.94. The summed E-state index contributed by atoms with van der Waals surface area (Å²) in [6.45, 7) is 2.78. The molecule has 1 heterocycles. The van der Waals surface area contributed by atoms with Crippen LogP contribution in [0, 0.1) is 0 Å². The monoisotopic (exact) mass is 268 g/mol. The third-order valence-corrected chi connectivity index (χ3v) is 3.21. The summed E-state index contributed by atoms with van der Waals surface area (Å²) >= 11 is 3.31. The van der Waals surface area contributed by atoms with Crippen LogP contribution in [-0.2, 0) is 0 Å². The van der Waals surface area contributed by atoms with Crippen molar-refractivity contribution in [2.45, 2.75) is 25.8 Å². The van der Waals surface area contributed by atoms with Gasteiger partial charge in [-0.25, -0.2) is 4.98 Å². The van der Waals surface area contributed by atoms with E-state index >= 15 is 0 Å². The Balaban J connectivity index is 2.22. The molecule has 0 aromatic carbocycles. The Morgan fingerprint density at radius 2 is 2.40 bits per heavy atom. The molecule has 1 fully saturated rings. The standard InChI is InChI=1S/C11H13BrN2O/c1-2-14(8-5-6-8)11(15)9-4-3-7-13-10(9)12/h3-4,7-8H,2,5-6H2,1H3. The smallest absolute Gasteiger partial charge is 0.256 e. The van der Waals surface area contributed by atoms with Crippen molar-refractivity contribution in [3.05, 3.63) is 28.5 Å². The number of carbonyl (C=O) groups is 1. The minimum atomic E-state index is 0.0833. The highest BCUT2D eigenvalue weighted by Crippen LogP contribution is 2.28. The zero-order chi connectivity index (χ0) is 10.8. The number of rotatable bonds is 3. The van der Waals surface area contributed by atoms with Gasteiger partial charge in [-0.2, -0.15) is 0 Å². The van der Waals surface area contributed by atoms with E-state index in [1.807, 2.05) is 17.9 Å². The van der Waals surface area contributed by atoms with Gasteiger partial charge in [0.15, 0.2) is 0 Å². The number of nitrogens with zero attached hydrogens (tertiary/aromatic N) is 2. The number of halogens is 1. The van der Waals surface area contributed by atoms with Gasteiger partial charge in [0.25, 0.3) is 5.91 Å². The minimum absolute atomic E-state index is 0.0833. The molecule has 0 aliphatic heterocycles. The van der Waals surface area contributed by atoms with Crippen molar-refractivity contribution in [1.82, 2.24) is 9.88 Å². The molecule has 2 rings (SSSR count). The highest BCUT2D eigenvalue weighted by molar-refractivity contribution is 9.10. The quantitative estimate of drug-likeness (QED) is 0.790. The summed E-state index contributed by atoms with van der Waals surface area (Å²) in [4.78, 5) is 18.1. The number of hydrogen-bond donors (Lipinski definition) is 0. The maximum Gasteiger partial charge on any atom is 0.256 e. The molecule has 0 bridgehead atoms. The molecule has 1 aliphatic rings. The summed E-state index contributed by atoms with van der Waals surface area (Å²) in [5.41, 5.74) is 0.659. The molecule has 1 saturated carbocycles. The molecule has 0 N–H and O–H groups in total. The van der Waals surface area contributed by atoms with Crippen LogP contribution in [0.5, 0.6) is 0 Å². The number of aromatic nitrogens is 1. The average Bonchev–Trinajstić information content (AvgIpc) is 3.03. The van der Waals surface area contributed by atoms with E-state index in [0.717, 1.165) is 19.4 Å². The van der Waals surface area contributed by atoms with Gasteiger partial charge in [-0.05, 0) is 47.8 Å². The maximum atomic E-state index is 12.1. The Hall–Kier alpha value is -0.900. The summed E-state index contributed by atoms with van der Waals surface area (Å²) in [6, 6.07) is 4.05. The normalized spacial score (nSPS) is 15.1. The third-order valence-electron chi connectivity index (χ3n) is 2.58. The van der Waals surface area contributed by atoms with E-state index in [-0.39, 0.29) is 5.91 Å². The molecular weight excluding hydrogens is 256 g/mol. The first-order chi connectivity index (χ1) is 7.24. The van der Waals surface area contributed by atoms with Gasteiger partial charge in [0.05, 0.1) is 5.56 Å². The fourth-order valence-corrected chi connectivity index (χ4v) is 2.07. The van der Waals surface area contributed by atoms with Crippen LogP contribution in [-0.4, -0.2) is 28.4 Å². The van der Waals surface area contributed by atoms with Gasteiger partial charge in [-0.3, -0.25) is 4.79 Å². The number of carbonyl (C=O) groups excluding carboxylic acids is 1. The Bertz CT molecular complexity index is 377. The number of pyridine rings is 1. The molecule has 0 radical (unpaired) electrons. The van der Waals surface area contributed by atoms with Gasteiger partial charge in [0, 0.05) is 18.8 Å². The largest absolute Gasteiger partial charge is 0.336 e. The zero-order valence-corrected chi connectivity index (χ0v) is 10.2. The Labute approximate surface area is 97.6 Å². The van der Waals surface area contributed by atoms with E-state index in [1.54, 1.807) is 12.3 Å². The van der Waals surface area contributed by atoms with E-state index in [9.17, 15) is 4.79 Å². The fourth-order valence-electron chi connectivity index (χ4n) is 1.65. The third kappa shape index (κ3) is 2.20. The van der Waals surface area contributed by atoms with Crippen molar-refractivity contribution >= 4 is 21.8 Å². The summed E-state index contributed by atoms with van der Waals surface area (Å²) in [6.07, 6.45) is 3.95. The van der Waals surface area contributed by atoms with Gasteiger partial charge < -0.3 is 4.90 Å². The van der Waals surface area contributed by atoms with Crippen molar-refractivity contribution in [3.8, 4) is 0 Å². The van der Waals surface area contributed by atoms with Gasteiger partial charge in [0.2, 0.25) is 0 Å². The molecule has 1 aliphatic carbocycles. The van der Waals surface area contributed by atoms with Gasteiger partial charge in [0.1, 0.15) is 4.60 Å². The van der Waals surface area contributed by atoms with Crippen molar-refractivity contribution in [2.24, 2.45) is 0 Å². The average molecular weight is 269 g/mol. The molecule has 4 heteroatoms. The van der Waals surface area contributed by atoms with E-state index in [1.165, 1.54) is 0 Å². The zero-order valence-electron chi connectivity index (χ0n) is 8.61. The van der Waals surface area contributed by atoms with Gasteiger partial charge in [-0.15, -0.1) is 0 Å². The summed E-state index contributed by atoms with van der Waals surface area (Å²) in [7, 11) is 0. The van der Waals surface area contributed by atoms with Crippen LogP contribution in [0.2, 0.25) is 0 Å². The molecule has 0 spiro atoms. The second-order valence-electron chi connectivity index (χ2n) is 3.66. The van der Waals surface area contributed by atoms with Crippen LogP contribution < -0.4 is 0 Å². The molecule has 3 nitrogen and oxygen atoms in total. The van der Waals surface area contributed by atoms with E-state index in [2.05, 4.69) is 20.9 Å². The van der Waals surface area contributed by atoms with Crippen LogP contribution in [0.4, 0.5) is 0 Å². The molecule has 15 heavy (non-hydrogen) atoms. The molecule has 0 unspecified atom stereocenters. The van der Waals surface area contributed by atoms with Crippen molar-refractivity contribution in [1.29, 1.82) is 0 Å². The molecular formula is C11H13BrN2O. The van der Waals surface area contributed by atoms with E-state index in [0.29, 0.717) is 16.2 Å². The Morgan fingerprint density at radius 1 is 1.67 bits per heavy atom. The predicted molar refractivity (Wildman–Crippen MR) is 61.7 cm³/mol. The van der Waals surface area contributed by atoms with E-state index in [4.69, 9.17) is 0 Å². The van der Waals surface area contributed by atoms with Crippen molar-refractivity contribution in [2.75, 3.05) is 6.54 Å². The first-order valence-electron chi connectivity index (χ1n) is 5.15. The molecule has 1 aromatic rings. The van der Waals surface area contributed by atoms with Crippen LogP contribution in [0.3, 0.4) is 0 Å². The lowest BCUT2D eigenvalue weighted by atomic mass is 10.2. The lowest BCUT2D eigenvalue weighted by Crippen LogP contribution is -2.33. The van der Waals surface area contributed by atoms with Crippen LogP contribution >= 0.6 is 15.9 Å². The lowest BCUT2D eigenvalue weighted by molar-refractivity contribution is 0.0751. The Kier molecular flexibility index (Phi) is 3.05. The molecule has 1 amide bonds. The summed E-state index contributed by atoms with van der Waals surface area (Å²) < 4.78 is 0.633. The maximum absolute atomic E-state index is 12.1. The highest BCUT2D eigenvalue weighted by Gasteiger charge is 2.32. The Morgan fingerprint density at radius 3 is 2.93 bits per heavy atom. The lowest BCUT2D eigenvalue weighted by Gasteiger charge is -2.20. The summed E-state index contributed by atoms with van der Waals surface area (Å²) in [5, 5.41) is 0. The molecule has 1 aromatic heterocycles. The van der Waals surface area contributed by atoms with Crippen LogP contribution in [0.15, 0.2) is 22.9 Å². The summed E-state index contributed by atoms with van der Waals surface area (Å²) in [5.74, 6) is 0.0833. The number of hydrogen-bond acceptors (Lipinski definition) is 2. The predicted octanol–water partition coefficient (Wildman–Crippen LogP) is 2.47. The van der Waals surface area contributed by atoms with Gasteiger partial charge >= 0.3 is 0 Å². The second kappa shape index (κ2) is 4.31. The SMILES string of the molecule is CCN(C(=O)c1cccnc1Br)C1CC1. The van der Waals surface area contributed by atoms with Crippen LogP contribution in [0.1, 0.15) is 30.1 Å². The van der Waals surface area contributed by atoms with Gasteiger partial charge in [-0.1, -0.05) is 0 Å². The molecule has 0 saturated heterocycles. The van der Waals surface area contributed by atoms with Crippen molar-refractivity contribution in [3.63, 3.8) is 0 Å². The van der Waals surface area contributed by atoms with Crippen molar-refractivity contribution < 1.29 is 4.79 Å². The fraction of sp³-hybridized carbons (Fsp3) is 0.455. The second-order valence-corrected chi connectivity index (χ2v) is 4.42. The topological polar surface area (TPSA) is 33.2 Å². The molecule has 0 atom stereocenters. The minimum Gasteiger partial charge on any atom is -0.336 e. The molecule has 80 valence electrons.